The normalized spacial score (nSPS) is 11.0. The predicted molar refractivity (Wildman–Crippen MR) is 129 cm³/mol. The van der Waals surface area contributed by atoms with E-state index < -0.39 is 10.8 Å². The van der Waals surface area contributed by atoms with Crippen molar-refractivity contribution in [1.82, 2.24) is 5.43 Å². The van der Waals surface area contributed by atoms with Crippen molar-refractivity contribution in [1.29, 1.82) is 0 Å². The molecule has 1 N–H and O–H groups in total. The average molecular weight is 524 g/mol. The van der Waals surface area contributed by atoms with Crippen LogP contribution in [-0.2, 0) is 6.61 Å². The number of nitro groups is 1. The highest BCUT2D eigenvalue weighted by Gasteiger charge is 2.14. The van der Waals surface area contributed by atoms with E-state index in [-0.39, 0.29) is 11.4 Å². The Balaban J connectivity index is 1.40. The third kappa shape index (κ3) is 5.41. The Morgan fingerprint density at radius 2 is 1.91 bits per heavy atom. The molecule has 0 saturated carbocycles. The Labute approximate surface area is 202 Å². The Morgan fingerprint density at radius 1 is 1.12 bits per heavy atom. The van der Waals surface area contributed by atoms with E-state index in [1.54, 1.807) is 18.2 Å². The first-order chi connectivity index (χ1) is 16.4. The first-order valence-corrected chi connectivity index (χ1v) is 10.8. The van der Waals surface area contributed by atoms with Crippen LogP contribution < -0.4 is 14.9 Å². The number of halogens is 1. The van der Waals surface area contributed by atoms with Crippen molar-refractivity contribution in [3.63, 3.8) is 0 Å². The van der Waals surface area contributed by atoms with Crippen LogP contribution in [0.15, 0.2) is 80.7 Å². The van der Waals surface area contributed by atoms with Crippen molar-refractivity contribution in [2.24, 2.45) is 5.10 Å². The molecule has 0 unspecified atom stereocenters. The van der Waals surface area contributed by atoms with Gasteiger partial charge >= 0.3 is 5.91 Å². The van der Waals surface area contributed by atoms with Crippen LogP contribution in [0.25, 0.3) is 11.0 Å². The molecule has 0 atom stereocenters. The van der Waals surface area contributed by atoms with Crippen molar-refractivity contribution in [2.45, 2.75) is 6.61 Å². The lowest BCUT2D eigenvalue weighted by molar-refractivity contribution is -0.384. The topological polar surface area (TPSA) is 116 Å². The van der Waals surface area contributed by atoms with E-state index in [4.69, 9.17) is 13.9 Å². The van der Waals surface area contributed by atoms with E-state index in [0.29, 0.717) is 34.6 Å². The van der Waals surface area contributed by atoms with E-state index in [2.05, 4.69) is 26.5 Å². The number of rotatable bonds is 8. The molecule has 0 radical (unpaired) electrons. The molecular weight excluding hydrogens is 506 g/mol. The molecule has 4 aromatic rings. The fourth-order valence-electron chi connectivity index (χ4n) is 3.10. The van der Waals surface area contributed by atoms with Gasteiger partial charge in [0.2, 0.25) is 0 Å². The maximum absolute atomic E-state index is 12.3. The van der Waals surface area contributed by atoms with Crippen molar-refractivity contribution in [3.8, 4) is 11.5 Å². The lowest BCUT2D eigenvalue weighted by Gasteiger charge is -2.11. The third-order valence-corrected chi connectivity index (χ3v) is 5.34. The molecule has 34 heavy (non-hydrogen) atoms. The van der Waals surface area contributed by atoms with Crippen molar-refractivity contribution in [3.05, 3.63) is 98.2 Å². The minimum absolute atomic E-state index is 0.0121. The number of methoxy groups -OCH3 is 1. The molecule has 3 aromatic carbocycles. The molecule has 0 bridgehead atoms. The smallest absolute Gasteiger partial charge is 0.307 e. The molecule has 0 spiro atoms. The lowest BCUT2D eigenvalue weighted by atomic mass is 10.2. The summed E-state index contributed by atoms with van der Waals surface area (Å²) in [6.07, 6.45) is 1.45. The Bertz CT molecular complexity index is 1380. The van der Waals surface area contributed by atoms with Gasteiger partial charge in [-0.1, -0.05) is 28.1 Å². The quantitative estimate of drug-likeness (QED) is 0.186. The minimum atomic E-state index is -0.587. The van der Waals surface area contributed by atoms with Crippen molar-refractivity contribution >= 4 is 44.7 Å². The molecule has 0 aliphatic rings. The minimum Gasteiger partial charge on any atom is -0.493 e. The first-order valence-electron chi connectivity index (χ1n) is 9.99. The van der Waals surface area contributed by atoms with Gasteiger partial charge in [0.05, 0.1) is 18.2 Å². The molecule has 0 aliphatic carbocycles. The van der Waals surface area contributed by atoms with Crippen LogP contribution in [0.2, 0.25) is 0 Å². The first kappa shape index (κ1) is 23.0. The summed E-state index contributed by atoms with van der Waals surface area (Å²) in [5.41, 5.74) is 4.34. The standard InChI is InChI=1S/C24H18BrN3O6/c1-32-22-10-16(4-8-21(22)33-14-15-2-5-18(25)6-3-15)13-26-27-24(29)23-12-17-11-19(28(30)31)7-9-20(17)34-23/h2-13H,14H2,1H3,(H,27,29)/b26-13+. The molecule has 0 fully saturated rings. The number of nitrogens with zero attached hydrogens (tertiary/aromatic N) is 2. The zero-order valence-corrected chi connectivity index (χ0v) is 19.4. The second-order valence-electron chi connectivity index (χ2n) is 7.11. The lowest BCUT2D eigenvalue weighted by Crippen LogP contribution is -2.16. The third-order valence-electron chi connectivity index (χ3n) is 4.81. The maximum Gasteiger partial charge on any atom is 0.307 e. The summed E-state index contributed by atoms with van der Waals surface area (Å²) < 4.78 is 17.7. The molecule has 10 heteroatoms. The molecule has 1 aromatic heterocycles. The number of benzene rings is 3. The van der Waals surface area contributed by atoms with Crippen LogP contribution in [0.4, 0.5) is 5.69 Å². The highest BCUT2D eigenvalue weighted by atomic mass is 79.9. The number of hydrazone groups is 1. The molecule has 0 aliphatic heterocycles. The monoisotopic (exact) mass is 523 g/mol. The molecule has 1 heterocycles. The van der Waals surface area contributed by atoms with Gasteiger partial charge in [-0.15, -0.1) is 0 Å². The number of carbonyl (C=O) groups excluding carboxylic acids is 1. The van der Waals surface area contributed by atoms with Gasteiger partial charge in [-0.25, -0.2) is 5.43 Å². The fourth-order valence-corrected chi connectivity index (χ4v) is 3.37. The SMILES string of the molecule is COc1cc(/C=N/NC(=O)c2cc3cc([N+](=O)[O-])ccc3o2)ccc1OCc1ccc(Br)cc1. The van der Waals surface area contributed by atoms with Crippen molar-refractivity contribution in [2.75, 3.05) is 7.11 Å². The highest BCUT2D eigenvalue weighted by molar-refractivity contribution is 9.10. The van der Waals surface area contributed by atoms with Gasteiger partial charge in [-0.05, 0) is 53.6 Å². The number of non-ortho nitro benzene ring substituents is 1. The zero-order valence-electron chi connectivity index (χ0n) is 17.9. The van der Waals surface area contributed by atoms with Crippen LogP contribution in [-0.4, -0.2) is 24.2 Å². The summed E-state index contributed by atoms with van der Waals surface area (Å²) >= 11 is 3.40. The number of hydrogen-bond acceptors (Lipinski definition) is 7. The van der Waals surface area contributed by atoms with E-state index >= 15 is 0 Å². The van der Waals surface area contributed by atoms with Crippen LogP contribution in [0, 0.1) is 10.1 Å². The summed E-state index contributed by atoms with van der Waals surface area (Å²) in [4.78, 5) is 22.7. The van der Waals surface area contributed by atoms with Crippen LogP contribution in [0.1, 0.15) is 21.7 Å². The van der Waals surface area contributed by atoms with Crippen LogP contribution >= 0.6 is 15.9 Å². The largest absolute Gasteiger partial charge is 0.493 e. The summed E-state index contributed by atoms with van der Waals surface area (Å²) in [5.74, 6) is 0.493. The van der Waals surface area contributed by atoms with Gasteiger partial charge in [0, 0.05) is 22.0 Å². The number of furan rings is 1. The predicted octanol–water partition coefficient (Wildman–Crippen LogP) is 5.46. The molecule has 0 saturated heterocycles. The Hall–Kier alpha value is -4.18. The molecular formula is C24H18BrN3O6. The average Bonchev–Trinajstić information content (AvgIpc) is 3.27. The number of fused-ring (bicyclic) bond motifs is 1. The van der Waals surface area contributed by atoms with Gasteiger partial charge in [0.15, 0.2) is 17.3 Å². The van der Waals surface area contributed by atoms with Crippen molar-refractivity contribution < 1.29 is 23.6 Å². The van der Waals surface area contributed by atoms with Gasteiger partial charge in [0.1, 0.15) is 12.2 Å². The Kier molecular flexibility index (Phi) is 6.88. The molecule has 172 valence electrons. The number of nitro benzene ring substituents is 1. The maximum atomic E-state index is 12.3. The number of nitrogens with one attached hydrogen (secondary N) is 1. The summed E-state index contributed by atoms with van der Waals surface area (Å²) in [7, 11) is 1.54. The van der Waals surface area contributed by atoms with E-state index in [0.717, 1.165) is 10.0 Å². The summed E-state index contributed by atoms with van der Waals surface area (Å²) in [6, 6.07) is 18.6. The number of ether oxygens (including phenoxy) is 2. The van der Waals surface area contributed by atoms with Gasteiger partial charge in [-0.3, -0.25) is 14.9 Å². The number of amides is 1. The van der Waals surface area contributed by atoms with Gasteiger partial charge in [0.25, 0.3) is 5.69 Å². The number of carbonyl (C=O) groups is 1. The van der Waals surface area contributed by atoms with E-state index in [1.165, 1.54) is 37.6 Å². The van der Waals surface area contributed by atoms with E-state index in [1.807, 2.05) is 24.3 Å². The van der Waals surface area contributed by atoms with E-state index in [9.17, 15) is 14.9 Å². The Morgan fingerprint density at radius 3 is 2.65 bits per heavy atom. The fraction of sp³-hybridized carbons (Fsp3) is 0.0833. The summed E-state index contributed by atoms with van der Waals surface area (Å²) in [6.45, 7) is 0.383. The summed E-state index contributed by atoms with van der Waals surface area (Å²) in [5, 5.41) is 15.3. The molecule has 9 nitrogen and oxygen atoms in total. The molecule has 4 rings (SSSR count). The van der Waals surface area contributed by atoms with Crippen LogP contribution in [0.5, 0.6) is 11.5 Å². The zero-order chi connectivity index (χ0) is 24.1. The second-order valence-corrected chi connectivity index (χ2v) is 8.03. The number of hydrogen-bond donors (Lipinski definition) is 1. The highest BCUT2D eigenvalue weighted by Crippen LogP contribution is 2.28. The van der Waals surface area contributed by atoms with Gasteiger partial charge < -0.3 is 13.9 Å². The van der Waals surface area contributed by atoms with Gasteiger partial charge in [-0.2, -0.15) is 5.10 Å². The molecule has 1 amide bonds. The second kappa shape index (κ2) is 10.2. The van der Waals surface area contributed by atoms with Crippen LogP contribution in [0.3, 0.4) is 0 Å².